The van der Waals surface area contributed by atoms with Crippen molar-refractivity contribution in [3.63, 3.8) is 0 Å². The molecule has 3 N–H and O–H groups in total. The third kappa shape index (κ3) is 4.26. The second kappa shape index (κ2) is 8.58. The van der Waals surface area contributed by atoms with Crippen LogP contribution < -0.4 is 26.6 Å². The van der Waals surface area contributed by atoms with Gasteiger partial charge in [0.2, 0.25) is 5.88 Å². The second-order valence-corrected chi connectivity index (χ2v) is 8.84. The summed E-state index contributed by atoms with van der Waals surface area (Å²) in [5, 5.41) is 18.8. The van der Waals surface area contributed by atoms with E-state index >= 15 is 0 Å². The van der Waals surface area contributed by atoms with Gasteiger partial charge in [0.05, 0.1) is 25.5 Å². The number of nitrogens with zero attached hydrogens (tertiary/aromatic N) is 6. The maximum Gasteiger partial charge on any atom is 0.328 e. The van der Waals surface area contributed by atoms with Crippen molar-refractivity contribution >= 4 is 28.9 Å². The lowest BCUT2D eigenvalue weighted by atomic mass is 10.2. The third-order valence-electron chi connectivity index (χ3n) is 6.26. The first-order chi connectivity index (χ1) is 17.0. The van der Waals surface area contributed by atoms with Crippen LogP contribution in [-0.4, -0.2) is 61.6 Å². The lowest BCUT2D eigenvalue weighted by Crippen LogP contribution is -2.36. The minimum absolute atomic E-state index is 0.146. The summed E-state index contributed by atoms with van der Waals surface area (Å²) in [7, 11) is 1.50. The van der Waals surface area contributed by atoms with Gasteiger partial charge in [0.15, 0.2) is 11.1 Å². The average Bonchev–Trinajstić information content (AvgIpc) is 3.56. The number of rotatable bonds is 5. The van der Waals surface area contributed by atoms with Crippen LogP contribution in [0, 0.1) is 0 Å². The Hall–Kier alpha value is -4.12. The predicted molar refractivity (Wildman–Crippen MR) is 131 cm³/mol. The number of aromatic amines is 1. The summed E-state index contributed by atoms with van der Waals surface area (Å²) in [4.78, 5) is 26.4. The molecular weight excluding hydrogens is 448 g/mol. The van der Waals surface area contributed by atoms with Crippen LogP contribution in [0.5, 0.6) is 5.88 Å². The topological polar surface area (TPSA) is 125 Å². The molecule has 1 saturated carbocycles. The first-order valence-electron chi connectivity index (χ1n) is 11.7. The molecule has 2 aliphatic rings. The van der Waals surface area contributed by atoms with Gasteiger partial charge >= 0.3 is 5.69 Å². The molecule has 1 saturated heterocycles. The number of nitrogens with one attached hydrogen (secondary N) is 2. The molecule has 1 aromatic carbocycles. The quantitative estimate of drug-likeness (QED) is 0.388. The van der Waals surface area contributed by atoms with Crippen molar-refractivity contribution in [1.29, 1.82) is 0 Å². The van der Waals surface area contributed by atoms with Gasteiger partial charge in [-0.05, 0) is 43.2 Å². The summed E-state index contributed by atoms with van der Waals surface area (Å²) in [5.41, 5.74) is 3.25. The lowest BCUT2D eigenvalue weighted by Gasteiger charge is -2.28. The Kier molecular flexibility index (Phi) is 5.25. The van der Waals surface area contributed by atoms with Crippen LogP contribution in [0.4, 0.5) is 17.2 Å². The van der Waals surface area contributed by atoms with Gasteiger partial charge in [0.25, 0.3) is 0 Å². The zero-order valence-electron chi connectivity index (χ0n) is 19.3. The Balaban J connectivity index is 1.38. The van der Waals surface area contributed by atoms with Crippen molar-refractivity contribution in [2.24, 2.45) is 12.0 Å². The number of anilines is 3. The average molecular weight is 475 g/mol. The third-order valence-corrected chi connectivity index (χ3v) is 6.26. The van der Waals surface area contributed by atoms with Gasteiger partial charge in [-0.25, -0.2) is 9.78 Å². The Morgan fingerprint density at radius 2 is 2.00 bits per heavy atom. The van der Waals surface area contributed by atoms with Crippen molar-refractivity contribution in [2.75, 3.05) is 36.5 Å². The van der Waals surface area contributed by atoms with Crippen LogP contribution in [0.1, 0.15) is 18.5 Å². The second-order valence-electron chi connectivity index (χ2n) is 8.84. The molecule has 0 radical (unpaired) electrons. The summed E-state index contributed by atoms with van der Waals surface area (Å²) in [6.07, 6.45) is 5.44. The zero-order chi connectivity index (χ0) is 23.9. The first-order valence-corrected chi connectivity index (χ1v) is 11.7. The van der Waals surface area contributed by atoms with Gasteiger partial charge in [-0.2, -0.15) is 9.61 Å². The summed E-state index contributed by atoms with van der Waals surface area (Å²) < 4.78 is 8.28. The number of aromatic nitrogens is 5. The van der Waals surface area contributed by atoms with Gasteiger partial charge in [-0.15, -0.1) is 0 Å². The minimum atomic E-state index is -0.398. The largest absolute Gasteiger partial charge is 0.493 e. The van der Waals surface area contributed by atoms with E-state index in [2.05, 4.69) is 32.4 Å². The van der Waals surface area contributed by atoms with Crippen LogP contribution >= 0.6 is 0 Å². The Labute approximate surface area is 200 Å². The molecule has 4 aromatic rings. The standard InChI is InChI=1S/C24H26N8O3/c1-30-23(33)19(28-24(30)34)12-15-14-25-32-21(27-17-2-3-17)13-20(29-22(15)32)26-16-4-6-18(7-5-16)31-8-10-35-11-9-31/h4-7,12-14,17,26,33H,2-3,8-11H2,1H3,(H,28,34). The fourth-order valence-electron chi connectivity index (χ4n) is 4.13. The van der Waals surface area contributed by atoms with Gasteiger partial charge < -0.3 is 25.0 Å². The summed E-state index contributed by atoms with van der Waals surface area (Å²) in [6, 6.07) is 10.4. The maximum absolute atomic E-state index is 11.9. The highest BCUT2D eigenvalue weighted by atomic mass is 16.5. The van der Waals surface area contributed by atoms with E-state index in [4.69, 9.17) is 14.7 Å². The molecule has 35 heavy (non-hydrogen) atoms. The lowest BCUT2D eigenvalue weighted by molar-refractivity contribution is 0.122. The molecule has 0 unspecified atom stereocenters. The van der Waals surface area contributed by atoms with E-state index < -0.39 is 5.69 Å². The number of H-pyrrole nitrogens is 1. The van der Waals surface area contributed by atoms with Gasteiger partial charge in [0.1, 0.15) is 11.5 Å². The number of benzene rings is 1. The fraction of sp³-hybridized carbons (Fsp3) is 0.333. The molecule has 3 aromatic heterocycles. The SMILES string of the molecule is Cn1c(O)c(C=c2cnn3c(=NC4CC4)cc(Nc4ccc(N5CCOCC5)cc4)nc23)[nH]c1=O. The van der Waals surface area contributed by atoms with Crippen LogP contribution in [0.2, 0.25) is 0 Å². The van der Waals surface area contributed by atoms with E-state index in [1.807, 2.05) is 18.2 Å². The van der Waals surface area contributed by atoms with Gasteiger partial charge in [0, 0.05) is 42.8 Å². The molecule has 2 fully saturated rings. The van der Waals surface area contributed by atoms with Gasteiger partial charge in [-0.1, -0.05) is 0 Å². The van der Waals surface area contributed by atoms with Crippen molar-refractivity contribution in [2.45, 2.75) is 18.9 Å². The molecular formula is C24H26N8O3. The van der Waals surface area contributed by atoms with E-state index in [0.717, 1.165) is 55.1 Å². The van der Waals surface area contributed by atoms with Crippen LogP contribution in [0.3, 0.4) is 0 Å². The minimum Gasteiger partial charge on any atom is -0.493 e. The highest BCUT2D eigenvalue weighted by Crippen LogP contribution is 2.23. The van der Waals surface area contributed by atoms with E-state index in [9.17, 15) is 9.90 Å². The Morgan fingerprint density at radius 1 is 1.23 bits per heavy atom. The maximum atomic E-state index is 11.9. The van der Waals surface area contributed by atoms with Crippen LogP contribution in [-0.2, 0) is 11.8 Å². The fourth-order valence-corrected chi connectivity index (χ4v) is 4.13. The van der Waals surface area contributed by atoms with E-state index in [0.29, 0.717) is 33.9 Å². The smallest absolute Gasteiger partial charge is 0.328 e. The molecule has 1 aliphatic heterocycles. The number of hydrogen-bond donors (Lipinski definition) is 3. The highest BCUT2D eigenvalue weighted by Gasteiger charge is 2.20. The Morgan fingerprint density at radius 3 is 2.69 bits per heavy atom. The van der Waals surface area contributed by atoms with E-state index in [-0.39, 0.29) is 5.88 Å². The van der Waals surface area contributed by atoms with E-state index in [1.54, 1.807) is 16.8 Å². The number of morpholine rings is 1. The molecule has 11 nitrogen and oxygen atoms in total. The van der Waals surface area contributed by atoms with Crippen molar-refractivity contribution in [1.82, 2.24) is 24.1 Å². The molecule has 11 heteroatoms. The Bertz CT molecular complexity index is 1560. The predicted octanol–water partition coefficient (Wildman–Crippen LogP) is 0.653. The van der Waals surface area contributed by atoms with Crippen LogP contribution in [0.25, 0.3) is 11.7 Å². The molecule has 4 heterocycles. The van der Waals surface area contributed by atoms with Crippen molar-refractivity contribution < 1.29 is 9.84 Å². The van der Waals surface area contributed by atoms with Crippen LogP contribution in [0.15, 0.2) is 46.3 Å². The van der Waals surface area contributed by atoms with Crippen molar-refractivity contribution in [3.8, 4) is 5.88 Å². The molecule has 180 valence electrons. The number of hydrogen-bond acceptors (Lipinski definition) is 8. The molecule has 6 rings (SSSR count). The number of aromatic hydroxyl groups is 1. The molecule has 0 spiro atoms. The molecule has 0 atom stereocenters. The van der Waals surface area contributed by atoms with Crippen molar-refractivity contribution in [3.05, 3.63) is 63.4 Å². The number of fused-ring (bicyclic) bond motifs is 1. The molecule has 1 aliphatic carbocycles. The van der Waals surface area contributed by atoms with Gasteiger partial charge in [-0.3, -0.25) is 9.56 Å². The monoisotopic (exact) mass is 474 g/mol. The molecule has 0 amide bonds. The first kappa shape index (κ1) is 21.4. The molecule has 0 bridgehead atoms. The normalized spacial score (nSPS) is 17.5. The summed E-state index contributed by atoms with van der Waals surface area (Å²) in [6.45, 7) is 3.27. The summed E-state index contributed by atoms with van der Waals surface area (Å²) in [5.74, 6) is 0.490. The summed E-state index contributed by atoms with van der Waals surface area (Å²) >= 11 is 0. The highest BCUT2D eigenvalue weighted by molar-refractivity contribution is 5.63. The number of ether oxygens (including phenoxy) is 1. The zero-order valence-corrected chi connectivity index (χ0v) is 19.3. The number of imidazole rings is 1. The van der Waals surface area contributed by atoms with E-state index in [1.165, 1.54) is 7.05 Å².